The summed E-state index contributed by atoms with van der Waals surface area (Å²) < 4.78 is 5.61. The summed E-state index contributed by atoms with van der Waals surface area (Å²) in [6.45, 7) is 0.298. The third kappa shape index (κ3) is 3.08. The maximum atomic E-state index is 11.8. The van der Waals surface area contributed by atoms with Crippen LogP contribution in [0.2, 0.25) is 0 Å². The standard InChI is InChI=1S/C12H13N5O2S/c18-9(4-6-17-7-13-5-3-10(17)19)14-12-15-11(16-20-12)8-1-2-8/h3,5,7-8H,1-2,4,6H2,(H,14,15,16,18). The van der Waals surface area contributed by atoms with Gasteiger partial charge in [0.15, 0.2) is 0 Å². The van der Waals surface area contributed by atoms with E-state index in [4.69, 9.17) is 0 Å². The predicted octanol–water partition coefficient (Wildman–Crippen LogP) is 1.00. The van der Waals surface area contributed by atoms with Gasteiger partial charge in [-0.25, -0.2) is 9.97 Å². The molecule has 0 saturated heterocycles. The van der Waals surface area contributed by atoms with E-state index in [9.17, 15) is 9.59 Å². The Labute approximate surface area is 118 Å². The third-order valence-electron chi connectivity index (χ3n) is 3.00. The van der Waals surface area contributed by atoms with Gasteiger partial charge >= 0.3 is 0 Å². The van der Waals surface area contributed by atoms with Gasteiger partial charge in [-0.2, -0.15) is 4.37 Å². The maximum Gasteiger partial charge on any atom is 0.253 e. The Morgan fingerprint density at radius 1 is 1.50 bits per heavy atom. The topological polar surface area (TPSA) is 89.8 Å². The molecule has 0 unspecified atom stereocenters. The van der Waals surface area contributed by atoms with Crippen molar-refractivity contribution in [3.05, 3.63) is 34.8 Å². The number of amides is 1. The van der Waals surface area contributed by atoms with E-state index in [0.717, 1.165) is 18.7 Å². The molecule has 3 rings (SSSR count). The zero-order valence-electron chi connectivity index (χ0n) is 10.7. The van der Waals surface area contributed by atoms with Crippen molar-refractivity contribution >= 4 is 22.6 Å². The predicted molar refractivity (Wildman–Crippen MR) is 73.6 cm³/mol. The molecule has 2 heterocycles. The van der Waals surface area contributed by atoms with Gasteiger partial charge in [-0.15, -0.1) is 0 Å². The van der Waals surface area contributed by atoms with Crippen molar-refractivity contribution in [2.75, 3.05) is 5.32 Å². The molecule has 1 aliphatic carbocycles. The van der Waals surface area contributed by atoms with Crippen LogP contribution in [0.25, 0.3) is 0 Å². The fourth-order valence-corrected chi connectivity index (χ4v) is 2.41. The van der Waals surface area contributed by atoms with Gasteiger partial charge in [0.2, 0.25) is 11.0 Å². The van der Waals surface area contributed by atoms with E-state index in [1.54, 1.807) is 0 Å². The number of rotatable bonds is 5. The molecule has 1 saturated carbocycles. The van der Waals surface area contributed by atoms with Crippen LogP contribution in [0, 0.1) is 0 Å². The molecule has 8 heteroatoms. The molecule has 0 radical (unpaired) electrons. The first-order chi connectivity index (χ1) is 9.72. The number of anilines is 1. The lowest BCUT2D eigenvalue weighted by Crippen LogP contribution is -2.22. The molecule has 2 aromatic heterocycles. The first-order valence-corrected chi connectivity index (χ1v) is 7.13. The van der Waals surface area contributed by atoms with Gasteiger partial charge in [-0.3, -0.25) is 14.2 Å². The second kappa shape index (κ2) is 5.49. The van der Waals surface area contributed by atoms with E-state index in [1.807, 2.05) is 0 Å². The Hall–Kier alpha value is -2.09. The fourth-order valence-electron chi connectivity index (χ4n) is 1.74. The second-order valence-corrected chi connectivity index (χ2v) is 5.39. The van der Waals surface area contributed by atoms with Crippen molar-refractivity contribution in [1.82, 2.24) is 18.9 Å². The SMILES string of the molecule is O=C(CCn1cnccc1=O)Nc1nc(C2CC2)ns1. The number of carbonyl (C=O) groups excluding carboxylic acids is 1. The highest BCUT2D eigenvalue weighted by Gasteiger charge is 2.27. The highest BCUT2D eigenvalue weighted by molar-refractivity contribution is 7.09. The zero-order valence-corrected chi connectivity index (χ0v) is 11.5. The van der Waals surface area contributed by atoms with Crippen molar-refractivity contribution in [1.29, 1.82) is 0 Å². The van der Waals surface area contributed by atoms with Gasteiger partial charge in [0.25, 0.3) is 5.56 Å². The number of aryl methyl sites for hydroxylation is 1. The lowest BCUT2D eigenvalue weighted by Gasteiger charge is -2.03. The maximum absolute atomic E-state index is 11.8. The van der Waals surface area contributed by atoms with E-state index >= 15 is 0 Å². The van der Waals surface area contributed by atoms with Crippen LogP contribution in [0.3, 0.4) is 0 Å². The summed E-state index contributed by atoms with van der Waals surface area (Å²) in [6, 6.07) is 1.37. The summed E-state index contributed by atoms with van der Waals surface area (Å²) in [4.78, 5) is 31.4. The van der Waals surface area contributed by atoms with E-state index in [1.165, 1.54) is 34.7 Å². The van der Waals surface area contributed by atoms with Crippen molar-refractivity contribution in [3.8, 4) is 0 Å². The Bertz CT molecular complexity index is 676. The summed E-state index contributed by atoms with van der Waals surface area (Å²) >= 11 is 1.20. The molecule has 7 nitrogen and oxygen atoms in total. The van der Waals surface area contributed by atoms with Crippen LogP contribution in [-0.2, 0) is 11.3 Å². The van der Waals surface area contributed by atoms with Gasteiger partial charge < -0.3 is 5.32 Å². The molecule has 20 heavy (non-hydrogen) atoms. The largest absolute Gasteiger partial charge is 0.301 e. The zero-order chi connectivity index (χ0) is 13.9. The van der Waals surface area contributed by atoms with Crippen LogP contribution < -0.4 is 10.9 Å². The van der Waals surface area contributed by atoms with Gasteiger partial charge in [-0.1, -0.05) is 0 Å². The van der Waals surface area contributed by atoms with Crippen molar-refractivity contribution in [2.24, 2.45) is 0 Å². The Morgan fingerprint density at radius 3 is 3.10 bits per heavy atom. The molecule has 1 fully saturated rings. The van der Waals surface area contributed by atoms with Crippen LogP contribution in [0.1, 0.15) is 31.0 Å². The van der Waals surface area contributed by atoms with Crippen LogP contribution in [0.15, 0.2) is 23.4 Å². The Balaban J connectivity index is 1.54. The molecule has 1 N–H and O–H groups in total. The Kier molecular flexibility index (Phi) is 3.55. The molecule has 0 atom stereocenters. The number of nitrogens with zero attached hydrogens (tertiary/aromatic N) is 4. The quantitative estimate of drug-likeness (QED) is 0.887. The molecule has 0 aliphatic heterocycles. The summed E-state index contributed by atoms with van der Waals surface area (Å²) in [6.07, 6.45) is 5.32. The first kappa shape index (κ1) is 12.9. The summed E-state index contributed by atoms with van der Waals surface area (Å²) in [5.74, 6) is 1.12. The minimum absolute atomic E-state index is 0.167. The van der Waals surface area contributed by atoms with Gasteiger partial charge in [0.05, 0.1) is 6.33 Å². The minimum atomic E-state index is -0.181. The molecule has 1 amide bonds. The molecular formula is C12H13N5O2S. The molecular weight excluding hydrogens is 278 g/mol. The normalized spacial score (nSPS) is 14.2. The van der Waals surface area contributed by atoms with Crippen LogP contribution in [0.5, 0.6) is 0 Å². The van der Waals surface area contributed by atoms with E-state index in [-0.39, 0.29) is 17.9 Å². The average Bonchev–Trinajstić information content (AvgIpc) is 3.19. The van der Waals surface area contributed by atoms with Crippen LogP contribution >= 0.6 is 11.5 Å². The van der Waals surface area contributed by atoms with E-state index < -0.39 is 0 Å². The summed E-state index contributed by atoms with van der Waals surface area (Å²) in [7, 11) is 0. The number of aromatic nitrogens is 4. The molecule has 0 bridgehead atoms. The molecule has 2 aromatic rings. The molecule has 0 aromatic carbocycles. The molecule has 104 valence electrons. The Morgan fingerprint density at radius 2 is 2.35 bits per heavy atom. The van der Waals surface area contributed by atoms with Crippen molar-refractivity contribution in [2.45, 2.75) is 31.7 Å². The number of hydrogen-bond acceptors (Lipinski definition) is 6. The fraction of sp³-hybridized carbons (Fsp3) is 0.417. The molecule has 0 spiro atoms. The highest BCUT2D eigenvalue weighted by atomic mass is 32.1. The van der Waals surface area contributed by atoms with Crippen LogP contribution in [-0.4, -0.2) is 24.8 Å². The lowest BCUT2D eigenvalue weighted by molar-refractivity contribution is -0.116. The first-order valence-electron chi connectivity index (χ1n) is 6.36. The second-order valence-electron chi connectivity index (χ2n) is 4.64. The summed E-state index contributed by atoms with van der Waals surface area (Å²) in [5, 5.41) is 3.23. The average molecular weight is 291 g/mol. The number of carbonyl (C=O) groups is 1. The third-order valence-corrected chi connectivity index (χ3v) is 3.65. The number of nitrogens with one attached hydrogen (secondary N) is 1. The minimum Gasteiger partial charge on any atom is -0.301 e. The highest BCUT2D eigenvalue weighted by Crippen LogP contribution is 2.39. The van der Waals surface area contributed by atoms with Gasteiger partial charge in [0.1, 0.15) is 5.82 Å². The van der Waals surface area contributed by atoms with Crippen molar-refractivity contribution in [3.63, 3.8) is 0 Å². The van der Waals surface area contributed by atoms with Crippen molar-refractivity contribution < 1.29 is 4.79 Å². The smallest absolute Gasteiger partial charge is 0.253 e. The van der Waals surface area contributed by atoms with Gasteiger partial charge in [0, 0.05) is 42.7 Å². The molecule has 1 aliphatic rings. The van der Waals surface area contributed by atoms with E-state index in [2.05, 4.69) is 19.7 Å². The monoisotopic (exact) mass is 291 g/mol. The summed E-state index contributed by atoms with van der Waals surface area (Å²) in [5.41, 5.74) is -0.167. The van der Waals surface area contributed by atoms with Crippen LogP contribution in [0.4, 0.5) is 5.13 Å². The van der Waals surface area contributed by atoms with Gasteiger partial charge in [-0.05, 0) is 12.8 Å². The van der Waals surface area contributed by atoms with E-state index in [0.29, 0.717) is 17.6 Å². The lowest BCUT2D eigenvalue weighted by atomic mass is 10.4. The number of hydrogen-bond donors (Lipinski definition) is 1.